The topological polar surface area (TPSA) is 79.7 Å². The van der Waals surface area contributed by atoms with Gasteiger partial charge in [-0.3, -0.25) is 0 Å². The standard InChI is InChI=1S/C40H52N2O3/c1-4-7-10-13-20-43-38-26-32(16-18-34-24-36(41)30-39(28-34)44-21-14-11-8-5-2)23-33(27-38)17-19-35-25-37(42)31-40(29-35)45-22-15-12-9-6-3/h23-31H,4-15,20-22,41-42H2,1-3H3. The summed E-state index contributed by atoms with van der Waals surface area (Å²) in [7, 11) is 0. The molecule has 3 aromatic rings. The van der Waals surface area contributed by atoms with Crippen molar-refractivity contribution in [2.45, 2.75) is 97.8 Å². The van der Waals surface area contributed by atoms with E-state index in [1.807, 2.05) is 54.6 Å². The van der Waals surface area contributed by atoms with Crippen LogP contribution in [0.3, 0.4) is 0 Å². The lowest BCUT2D eigenvalue weighted by Gasteiger charge is -2.08. The molecule has 0 spiro atoms. The van der Waals surface area contributed by atoms with Gasteiger partial charge in [0.1, 0.15) is 17.2 Å². The number of hydrogen-bond acceptors (Lipinski definition) is 5. The van der Waals surface area contributed by atoms with E-state index >= 15 is 0 Å². The zero-order valence-corrected chi connectivity index (χ0v) is 27.7. The van der Waals surface area contributed by atoms with Crippen molar-refractivity contribution in [1.82, 2.24) is 0 Å². The Labute approximate surface area is 272 Å². The molecule has 0 amide bonds. The summed E-state index contributed by atoms with van der Waals surface area (Å²) in [5, 5.41) is 0. The predicted molar refractivity (Wildman–Crippen MR) is 189 cm³/mol. The zero-order chi connectivity index (χ0) is 32.1. The molecular formula is C40H52N2O3. The molecule has 3 rings (SSSR count). The molecule has 0 unspecified atom stereocenters. The number of nitrogen functional groups attached to an aromatic ring is 2. The van der Waals surface area contributed by atoms with Crippen molar-refractivity contribution in [3.8, 4) is 40.9 Å². The summed E-state index contributed by atoms with van der Waals surface area (Å²) in [5.74, 6) is 15.4. The van der Waals surface area contributed by atoms with Crippen LogP contribution < -0.4 is 25.7 Å². The molecule has 0 atom stereocenters. The van der Waals surface area contributed by atoms with Crippen molar-refractivity contribution in [3.63, 3.8) is 0 Å². The van der Waals surface area contributed by atoms with Crippen LogP contribution in [0.5, 0.6) is 17.2 Å². The fraction of sp³-hybridized carbons (Fsp3) is 0.450. The second-order valence-corrected chi connectivity index (χ2v) is 11.6. The number of nitrogens with two attached hydrogens (primary N) is 2. The van der Waals surface area contributed by atoms with E-state index in [1.165, 1.54) is 51.4 Å². The largest absolute Gasteiger partial charge is 0.494 e. The molecule has 0 aromatic heterocycles. The first-order valence-corrected chi connectivity index (χ1v) is 16.9. The summed E-state index contributed by atoms with van der Waals surface area (Å²) in [6.07, 6.45) is 13.8. The Kier molecular flexibility index (Phi) is 16.2. The lowest BCUT2D eigenvalue weighted by Crippen LogP contribution is -1.99. The van der Waals surface area contributed by atoms with Crippen LogP contribution in [0.15, 0.2) is 54.6 Å². The number of benzene rings is 3. The highest BCUT2D eigenvalue weighted by atomic mass is 16.5. The van der Waals surface area contributed by atoms with Gasteiger partial charge in [0.15, 0.2) is 0 Å². The molecule has 0 fully saturated rings. The van der Waals surface area contributed by atoms with Crippen molar-refractivity contribution in [2.75, 3.05) is 31.3 Å². The predicted octanol–water partition coefficient (Wildman–Crippen LogP) is 9.53. The SMILES string of the molecule is CCCCCCOc1cc(N)cc(C#Cc2cc(C#Cc3cc(N)cc(OCCCCCC)c3)cc(OCCCCCC)c2)c1. The van der Waals surface area contributed by atoms with Gasteiger partial charge in [0, 0.05) is 45.8 Å². The van der Waals surface area contributed by atoms with Gasteiger partial charge < -0.3 is 25.7 Å². The molecule has 3 aromatic carbocycles. The van der Waals surface area contributed by atoms with Crippen LogP contribution in [0.1, 0.15) is 120 Å². The second kappa shape index (κ2) is 20.7. The van der Waals surface area contributed by atoms with Crippen molar-refractivity contribution >= 4 is 11.4 Å². The molecule has 0 bridgehead atoms. The summed E-state index contributed by atoms with van der Waals surface area (Å²) in [4.78, 5) is 0. The maximum absolute atomic E-state index is 6.18. The molecule has 240 valence electrons. The van der Waals surface area contributed by atoms with E-state index in [0.717, 1.165) is 65.2 Å². The Morgan fingerprint density at radius 2 is 0.711 bits per heavy atom. The van der Waals surface area contributed by atoms with Crippen LogP contribution in [-0.2, 0) is 0 Å². The van der Waals surface area contributed by atoms with Gasteiger partial charge in [-0.15, -0.1) is 0 Å². The molecule has 0 aliphatic rings. The molecule has 0 aliphatic heterocycles. The number of hydrogen-bond donors (Lipinski definition) is 2. The molecule has 45 heavy (non-hydrogen) atoms. The van der Waals surface area contributed by atoms with Gasteiger partial charge in [0.2, 0.25) is 0 Å². The first-order chi connectivity index (χ1) is 22.0. The van der Waals surface area contributed by atoms with E-state index in [0.29, 0.717) is 31.2 Å². The van der Waals surface area contributed by atoms with Gasteiger partial charge >= 0.3 is 0 Å². The van der Waals surface area contributed by atoms with Crippen LogP contribution in [0.25, 0.3) is 0 Å². The summed E-state index contributed by atoms with van der Waals surface area (Å²) in [6.45, 7) is 8.63. The molecule has 0 radical (unpaired) electrons. The molecule has 0 saturated carbocycles. The number of rotatable bonds is 18. The number of unbranched alkanes of at least 4 members (excludes halogenated alkanes) is 9. The first kappa shape index (κ1) is 35.3. The van der Waals surface area contributed by atoms with Crippen LogP contribution >= 0.6 is 0 Å². The Hall–Kier alpha value is -4.22. The smallest absolute Gasteiger partial charge is 0.122 e. The molecule has 4 N–H and O–H groups in total. The minimum Gasteiger partial charge on any atom is -0.494 e. The highest BCUT2D eigenvalue weighted by Gasteiger charge is 2.04. The maximum Gasteiger partial charge on any atom is 0.122 e. The van der Waals surface area contributed by atoms with E-state index in [4.69, 9.17) is 25.7 Å². The van der Waals surface area contributed by atoms with Gasteiger partial charge in [-0.2, -0.15) is 0 Å². The monoisotopic (exact) mass is 608 g/mol. The van der Waals surface area contributed by atoms with E-state index in [2.05, 4.69) is 44.5 Å². The Morgan fingerprint density at radius 1 is 0.400 bits per heavy atom. The first-order valence-electron chi connectivity index (χ1n) is 16.9. The van der Waals surface area contributed by atoms with Crippen LogP contribution in [-0.4, -0.2) is 19.8 Å². The fourth-order valence-electron chi connectivity index (χ4n) is 4.83. The average molecular weight is 609 g/mol. The lowest BCUT2D eigenvalue weighted by molar-refractivity contribution is 0.305. The highest BCUT2D eigenvalue weighted by Crippen LogP contribution is 2.22. The molecule has 5 nitrogen and oxygen atoms in total. The molecular weight excluding hydrogens is 556 g/mol. The summed E-state index contributed by atoms with van der Waals surface area (Å²) < 4.78 is 18.1. The number of ether oxygens (including phenoxy) is 3. The van der Waals surface area contributed by atoms with Crippen LogP contribution in [0.2, 0.25) is 0 Å². The van der Waals surface area contributed by atoms with E-state index < -0.39 is 0 Å². The van der Waals surface area contributed by atoms with E-state index in [1.54, 1.807) is 0 Å². The third kappa shape index (κ3) is 14.4. The Morgan fingerprint density at radius 3 is 1.04 bits per heavy atom. The molecule has 0 aliphatic carbocycles. The van der Waals surface area contributed by atoms with Crippen LogP contribution in [0.4, 0.5) is 11.4 Å². The third-order valence-electron chi connectivity index (χ3n) is 7.27. The maximum atomic E-state index is 6.18. The third-order valence-corrected chi connectivity index (χ3v) is 7.27. The molecule has 0 saturated heterocycles. The molecule has 0 heterocycles. The quantitative estimate of drug-likeness (QED) is 0.0854. The summed E-state index contributed by atoms with van der Waals surface area (Å²) >= 11 is 0. The lowest BCUT2D eigenvalue weighted by atomic mass is 10.1. The summed E-state index contributed by atoms with van der Waals surface area (Å²) in [6, 6.07) is 17.3. The van der Waals surface area contributed by atoms with Gasteiger partial charge in [0.25, 0.3) is 0 Å². The second-order valence-electron chi connectivity index (χ2n) is 11.6. The van der Waals surface area contributed by atoms with Crippen molar-refractivity contribution < 1.29 is 14.2 Å². The minimum absolute atomic E-state index is 0.632. The Balaban J connectivity index is 1.80. The molecule has 5 heteroatoms. The average Bonchev–Trinajstić information content (AvgIpc) is 3.02. The van der Waals surface area contributed by atoms with Gasteiger partial charge in [-0.05, 0) is 61.7 Å². The van der Waals surface area contributed by atoms with Crippen molar-refractivity contribution in [3.05, 3.63) is 76.9 Å². The fourth-order valence-corrected chi connectivity index (χ4v) is 4.83. The van der Waals surface area contributed by atoms with E-state index in [-0.39, 0.29) is 0 Å². The van der Waals surface area contributed by atoms with Gasteiger partial charge in [-0.1, -0.05) is 102 Å². The van der Waals surface area contributed by atoms with Gasteiger partial charge in [-0.25, -0.2) is 0 Å². The zero-order valence-electron chi connectivity index (χ0n) is 27.7. The van der Waals surface area contributed by atoms with Crippen molar-refractivity contribution in [1.29, 1.82) is 0 Å². The Bertz CT molecular complexity index is 1340. The summed E-state index contributed by atoms with van der Waals surface area (Å²) in [5.41, 5.74) is 16.9. The minimum atomic E-state index is 0.632. The highest BCUT2D eigenvalue weighted by molar-refractivity contribution is 5.58. The van der Waals surface area contributed by atoms with Gasteiger partial charge in [0.05, 0.1) is 19.8 Å². The van der Waals surface area contributed by atoms with Crippen LogP contribution in [0, 0.1) is 23.7 Å². The van der Waals surface area contributed by atoms with E-state index in [9.17, 15) is 0 Å². The number of anilines is 2. The normalized spacial score (nSPS) is 10.4. The van der Waals surface area contributed by atoms with Crippen molar-refractivity contribution in [2.24, 2.45) is 0 Å².